The second-order valence-corrected chi connectivity index (χ2v) is 6.26. The summed E-state index contributed by atoms with van der Waals surface area (Å²) in [6, 6.07) is 7.20. The van der Waals surface area contributed by atoms with E-state index in [1.807, 2.05) is 26.0 Å². The molecule has 0 bridgehead atoms. The Morgan fingerprint density at radius 3 is 2.71 bits per heavy atom. The van der Waals surface area contributed by atoms with Crippen molar-refractivity contribution in [3.63, 3.8) is 0 Å². The van der Waals surface area contributed by atoms with Gasteiger partial charge in [0, 0.05) is 13.1 Å². The van der Waals surface area contributed by atoms with Gasteiger partial charge in [0.25, 0.3) is 11.5 Å². The van der Waals surface area contributed by atoms with Gasteiger partial charge in [0.05, 0.1) is 29.3 Å². The average Bonchev–Trinajstić information content (AvgIpc) is 2.97. The lowest BCUT2D eigenvalue weighted by Crippen LogP contribution is -2.48. The van der Waals surface area contributed by atoms with Gasteiger partial charge in [-0.1, -0.05) is 12.1 Å². The third kappa shape index (κ3) is 2.28. The van der Waals surface area contributed by atoms with Gasteiger partial charge in [0.1, 0.15) is 11.2 Å². The summed E-state index contributed by atoms with van der Waals surface area (Å²) in [5, 5.41) is 4.85. The van der Waals surface area contributed by atoms with Crippen molar-refractivity contribution in [3.8, 4) is 0 Å². The molecule has 1 saturated heterocycles. The second-order valence-electron chi connectivity index (χ2n) is 6.26. The van der Waals surface area contributed by atoms with E-state index in [4.69, 9.17) is 4.74 Å². The van der Waals surface area contributed by atoms with Gasteiger partial charge in [-0.2, -0.15) is 5.10 Å². The van der Waals surface area contributed by atoms with Crippen molar-refractivity contribution < 1.29 is 9.53 Å². The van der Waals surface area contributed by atoms with Crippen LogP contribution >= 0.6 is 0 Å². The lowest BCUT2D eigenvalue weighted by molar-refractivity contribution is -0.0585. The Morgan fingerprint density at radius 1 is 1.25 bits per heavy atom. The minimum Gasteiger partial charge on any atom is -0.372 e. The van der Waals surface area contributed by atoms with Crippen LogP contribution in [0.2, 0.25) is 0 Å². The predicted octanol–water partition coefficient (Wildman–Crippen LogP) is 1.43. The molecule has 0 aliphatic carbocycles. The first-order chi connectivity index (χ1) is 11.5. The van der Waals surface area contributed by atoms with Crippen molar-refractivity contribution in [2.45, 2.75) is 26.1 Å². The summed E-state index contributed by atoms with van der Waals surface area (Å²) in [5.74, 6) is -0.141. The van der Waals surface area contributed by atoms with E-state index in [2.05, 4.69) is 10.1 Å². The molecule has 124 valence electrons. The number of carbonyl (C=O) groups excluding carboxylic acids is 1. The molecule has 1 amide bonds. The van der Waals surface area contributed by atoms with Crippen LogP contribution in [0.25, 0.3) is 16.6 Å². The molecule has 7 heteroatoms. The second kappa shape index (κ2) is 5.45. The number of morpholine rings is 1. The van der Waals surface area contributed by atoms with E-state index in [9.17, 15) is 9.59 Å². The molecule has 2 aromatic heterocycles. The van der Waals surface area contributed by atoms with Gasteiger partial charge in [-0.3, -0.25) is 9.59 Å². The summed E-state index contributed by atoms with van der Waals surface area (Å²) < 4.78 is 7.28. The molecule has 2 atom stereocenters. The van der Waals surface area contributed by atoms with E-state index in [-0.39, 0.29) is 23.7 Å². The Kier molecular flexibility index (Phi) is 3.38. The third-order valence-corrected chi connectivity index (χ3v) is 4.32. The van der Waals surface area contributed by atoms with Crippen LogP contribution in [0, 0.1) is 0 Å². The summed E-state index contributed by atoms with van der Waals surface area (Å²) >= 11 is 0. The van der Waals surface area contributed by atoms with Gasteiger partial charge in [0.15, 0.2) is 0 Å². The smallest absolute Gasteiger partial charge is 0.259 e. The number of hydrogen-bond donors (Lipinski definition) is 1. The van der Waals surface area contributed by atoms with E-state index < -0.39 is 0 Å². The number of fused-ring (bicyclic) bond motifs is 3. The minimum absolute atomic E-state index is 0.0144. The molecule has 1 N–H and O–H groups in total. The number of benzene rings is 1. The number of carbonyl (C=O) groups is 1. The summed E-state index contributed by atoms with van der Waals surface area (Å²) in [6.07, 6.45) is 1.49. The first kappa shape index (κ1) is 14.9. The highest BCUT2D eigenvalue weighted by Crippen LogP contribution is 2.18. The van der Waals surface area contributed by atoms with Crippen LogP contribution in [0.5, 0.6) is 0 Å². The van der Waals surface area contributed by atoms with Gasteiger partial charge in [-0.15, -0.1) is 0 Å². The molecule has 2 unspecified atom stereocenters. The number of H-pyrrole nitrogens is 1. The lowest BCUT2D eigenvalue weighted by Gasteiger charge is -2.35. The zero-order chi connectivity index (χ0) is 16.8. The fraction of sp³-hybridized carbons (Fsp3) is 0.353. The number of rotatable bonds is 1. The van der Waals surface area contributed by atoms with Crippen molar-refractivity contribution >= 4 is 22.5 Å². The highest BCUT2D eigenvalue weighted by Gasteiger charge is 2.28. The van der Waals surface area contributed by atoms with Crippen LogP contribution in [0.15, 0.2) is 35.3 Å². The van der Waals surface area contributed by atoms with E-state index in [1.54, 1.807) is 21.5 Å². The molecule has 3 heterocycles. The molecule has 1 aliphatic rings. The highest BCUT2D eigenvalue weighted by atomic mass is 16.5. The summed E-state index contributed by atoms with van der Waals surface area (Å²) in [6.45, 7) is 4.94. The topological polar surface area (TPSA) is 79.7 Å². The van der Waals surface area contributed by atoms with E-state index in [0.717, 1.165) is 0 Å². The van der Waals surface area contributed by atoms with Crippen LogP contribution in [-0.4, -0.2) is 50.7 Å². The van der Waals surface area contributed by atoms with Crippen molar-refractivity contribution in [1.29, 1.82) is 0 Å². The average molecular weight is 326 g/mol. The van der Waals surface area contributed by atoms with Crippen molar-refractivity contribution in [3.05, 3.63) is 46.4 Å². The molecular weight excluding hydrogens is 308 g/mol. The van der Waals surface area contributed by atoms with Crippen molar-refractivity contribution in [2.75, 3.05) is 13.1 Å². The number of aromatic nitrogens is 3. The zero-order valence-electron chi connectivity index (χ0n) is 13.5. The Bertz CT molecular complexity index is 980. The van der Waals surface area contributed by atoms with Gasteiger partial charge in [-0.05, 0) is 26.0 Å². The maximum absolute atomic E-state index is 12.9. The van der Waals surface area contributed by atoms with Gasteiger partial charge in [-0.25, -0.2) is 4.52 Å². The Labute approximate surface area is 137 Å². The fourth-order valence-electron chi connectivity index (χ4n) is 3.35. The van der Waals surface area contributed by atoms with Crippen LogP contribution in [0.1, 0.15) is 24.2 Å². The highest BCUT2D eigenvalue weighted by molar-refractivity contribution is 6.00. The normalized spacial score (nSPS) is 21.5. The number of amides is 1. The van der Waals surface area contributed by atoms with Crippen molar-refractivity contribution in [1.82, 2.24) is 19.5 Å². The number of nitrogens with one attached hydrogen (secondary N) is 1. The van der Waals surface area contributed by atoms with E-state index in [1.165, 1.54) is 6.20 Å². The van der Waals surface area contributed by atoms with Gasteiger partial charge in [0.2, 0.25) is 0 Å². The molecule has 1 fully saturated rings. The number of aromatic amines is 1. The molecule has 0 radical (unpaired) electrons. The fourth-order valence-corrected chi connectivity index (χ4v) is 3.35. The molecule has 1 aliphatic heterocycles. The molecule has 24 heavy (non-hydrogen) atoms. The van der Waals surface area contributed by atoms with E-state index >= 15 is 0 Å². The SMILES string of the molecule is CC1CN(C(=O)c2cnn3c2[nH]c(=O)c2ccccc23)CC(C)O1. The van der Waals surface area contributed by atoms with Crippen LogP contribution in [0.4, 0.5) is 0 Å². The molecular formula is C17H18N4O3. The van der Waals surface area contributed by atoms with Gasteiger partial charge < -0.3 is 14.6 Å². The predicted molar refractivity (Wildman–Crippen MR) is 89.2 cm³/mol. The van der Waals surface area contributed by atoms with Crippen LogP contribution in [0.3, 0.4) is 0 Å². The summed E-state index contributed by atoms with van der Waals surface area (Å²) in [4.78, 5) is 29.8. The van der Waals surface area contributed by atoms with Crippen LogP contribution < -0.4 is 5.56 Å². The minimum atomic E-state index is -0.226. The third-order valence-electron chi connectivity index (χ3n) is 4.32. The van der Waals surface area contributed by atoms with Crippen LogP contribution in [-0.2, 0) is 4.74 Å². The number of para-hydroxylation sites is 1. The standard InChI is InChI=1S/C17H18N4O3/c1-10-8-20(9-11(2)24-10)17(23)13-7-18-21-14-6-4-3-5-12(14)16(22)19-15(13)21/h3-7,10-11H,8-9H2,1-2H3,(H,19,22). The number of nitrogens with zero attached hydrogens (tertiary/aromatic N) is 3. The zero-order valence-corrected chi connectivity index (χ0v) is 13.5. The Morgan fingerprint density at radius 2 is 1.96 bits per heavy atom. The summed E-state index contributed by atoms with van der Waals surface area (Å²) in [7, 11) is 0. The number of hydrogen-bond acceptors (Lipinski definition) is 4. The Balaban J connectivity index is 1.83. The quantitative estimate of drug-likeness (QED) is 0.733. The van der Waals surface area contributed by atoms with E-state index in [0.29, 0.717) is 35.2 Å². The first-order valence-electron chi connectivity index (χ1n) is 7.98. The molecule has 3 aromatic rings. The largest absolute Gasteiger partial charge is 0.372 e. The molecule has 1 aromatic carbocycles. The lowest BCUT2D eigenvalue weighted by atomic mass is 10.2. The molecule has 0 spiro atoms. The Hall–Kier alpha value is -2.67. The van der Waals surface area contributed by atoms with Crippen molar-refractivity contribution in [2.24, 2.45) is 0 Å². The van der Waals surface area contributed by atoms with Gasteiger partial charge >= 0.3 is 0 Å². The monoisotopic (exact) mass is 326 g/mol. The summed E-state index contributed by atoms with van der Waals surface area (Å²) in [5.41, 5.74) is 1.28. The molecule has 0 saturated carbocycles. The maximum Gasteiger partial charge on any atom is 0.259 e. The molecule has 7 nitrogen and oxygen atoms in total. The molecule has 4 rings (SSSR count). The first-order valence-corrected chi connectivity index (χ1v) is 7.98. The number of ether oxygens (including phenoxy) is 1. The maximum atomic E-state index is 12.9.